The molecule has 0 radical (unpaired) electrons. The summed E-state index contributed by atoms with van der Waals surface area (Å²) in [6.07, 6.45) is 3.77. The molecule has 1 aliphatic heterocycles. The second-order valence-corrected chi connectivity index (χ2v) is 4.54. The summed E-state index contributed by atoms with van der Waals surface area (Å²) in [5, 5.41) is 3.69. The van der Waals surface area contributed by atoms with Crippen LogP contribution in [0.5, 0.6) is 0 Å². The van der Waals surface area contributed by atoms with Gasteiger partial charge in [0.2, 0.25) is 0 Å². The van der Waals surface area contributed by atoms with Crippen molar-refractivity contribution in [2.45, 2.75) is 45.7 Å². The van der Waals surface area contributed by atoms with E-state index in [1.165, 1.54) is 24.8 Å². The van der Waals surface area contributed by atoms with E-state index < -0.39 is 0 Å². The Kier molecular flexibility index (Phi) is 3.42. The average molecular weight is 203 g/mol. The highest BCUT2D eigenvalue weighted by molar-refractivity contribution is 5.28. The predicted octanol–water partition coefficient (Wildman–Crippen LogP) is 3.14. The monoisotopic (exact) mass is 203 g/mol. The Bertz CT molecular complexity index is 319. The smallest absolute Gasteiger partial charge is 0.0210 e. The molecule has 0 spiro atoms. The number of nitrogens with one attached hydrogen (secondary N) is 1. The highest BCUT2D eigenvalue weighted by atomic mass is 14.9. The van der Waals surface area contributed by atoms with Gasteiger partial charge in [-0.15, -0.1) is 0 Å². The summed E-state index contributed by atoms with van der Waals surface area (Å²) >= 11 is 0. The summed E-state index contributed by atoms with van der Waals surface area (Å²) < 4.78 is 0. The van der Waals surface area contributed by atoms with Crippen LogP contribution in [0.25, 0.3) is 0 Å². The van der Waals surface area contributed by atoms with Crippen LogP contribution in [-0.4, -0.2) is 6.04 Å². The second kappa shape index (κ2) is 4.80. The van der Waals surface area contributed by atoms with E-state index >= 15 is 0 Å². The van der Waals surface area contributed by atoms with Gasteiger partial charge in [-0.2, -0.15) is 0 Å². The molecule has 0 fully saturated rings. The molecular weight excluding hydrogens is 182 g/mol. The zero-order valence-electron chi connectivity index (χ0n) is 9.79. The Balaban J connectivity index is 2.23. The van der Waals surface area contributed by atoms with E-state index in [0.29, 0.717) is 6.04 Å². The summed E-state index contributed by atoms with van der Waals surface area (Å²) in [4.78, 5) is 0. The number of fused-ring (bicyclic) bond motifs is 1. The first-order chi connectivity index (χ1) is 7.35. The van der Waals surface area contributed by atoms with Crippen LogP contribution in [0, 0.1) is 5.92 Å². The van der Waals surface area contributed by atoms with Crippen molar-refractivity contribution >= 4 is 0 Å². The van der Waals surface area contributed by atoms with E-state index in [1.54, 1.807) is 5.56 Å². The molecule has 0 aromatic heterocycles. The van der Waals surface area contributed by atoms with Gasteiger partial charge in [-0.25, -0.2) is 0 Å². The van der Waals surface area contributed by atoms with Gasteiger partial charge in [0.05, 0.1) is 0 Å². The molecule has 1 aromatic carbocycles. The van der Waals surface area contributed by atoms with Gasteiger partial charge in [0.25, 0.3) is 0 Å². The van der Waals surface area contributed by atoms with E-state index in [4.69, 9.17) is 0 Å². The summed E-state index contributed by atoms with van der Waals surface area (Å²) in [6, 6.07) is 9.55. The number of benzene rings is 1. The lowest BCUT2D eigenvalue weighted by molar-refractivity contribution is 0.342. The fourth-order valence-electron chi connectivity index (χ4n) is 2.67. The van der Waals surface area contributed by atoms with Crippen molar-refractivity contribution in [3.05, 3.63) is 35.4 Å². The SMILES string of the molecule is CCC1Cc2ccccc2CNC1CC. The van der Waals surface area contributed by atoms with E-state index in [2.05, 4.69) is 43.4 Å². The molecule has 1 heteroatoms. The Morgan fingerprint density at radius 1 is 1.13 bits per heavy atom. The Labute approximate surface area is 92.9 Å². The zero-order chi connectivity index (χ0) is 10.7. The molecule has 0 bridgehead atoms. The molecule has 2 unspecified atom stereocenters. The van der Waals surface area contributed by atoms with E-state index in [0.717, 1.165) is 12.5 Å². The lowest BCUT2D eigenvalue weighted by atomic mass is 9.89. The molecule has 1 aliphatic rings. The van der Waals surface area contributed by atoms with Crippen LogP contribution in [0.4, 0.5) is 0 Å². The molecule has 1 heterocycles. The van der Waals surface area contributed by atoms with E-state index in [-0.39, 0.29) is 0 Å². The molecule has 1 nitrogen and oxygen atoms in total. The minimum atomic E-state index is 0.697. The van der Waals surface area contributed by atoms with Crippen molar-refractivity contribution in [2.24, 2.45) is 5.92 Å². The second-order valence-electron chi connectivity index (χ2n) is 4.54. The fraction of sp³-hybridized carbons (Fsp3) is 0.571. The maximum atomic E-state index is 3.69. The summed E-state index contributed by atoms with van der Waals surface area (Å²) in [5.41, 5.74) is 3.04. The third-order valence-electron chi connectivity index (χ3n) is 3.69. The van der Waals surface area contributed by atoms with Crippen molar-refractivity contribution in [1.82, 2.24) is 5.32 Å². The molecular formula is C14H21N. The van der Waals surface area contributed by atoms with E-state index in [1.807, 2.05) is 0 Å². The third-order valence-corrected chi connectivity index (χ3v) is 3.69. The van der Waals surface area contributed by atoms with Gasteiger partial charge in [-0.05, 0) is 29.9 Å². The van der Waals surface area contributed by atoms with Crippen molar-refractivity contribution in [2.75, 3.05) is 0 Å². The van der Waals surface area contributed by atoms with Gasteiger partial charge in [0, 0.05) is 12.6 Å². The molecule has 0 aliphatic carbocycles. The predicted molar refractivity (Wildman–Crippen MR) is 64.8 cm³/mol. The molecule has 0 saturated heterocycles. The van der Waals surface area contributed by atoms with Gasteiger partial charge in [-0.3, -0.25) is 0 Å². The third kappa shape index (κ3) is 2.23. The van der Waals surface area contributed by atoms with Gasteiger partial charge >= 0.3 is 0 Å². The largest absolute Gasteiger partial charge is 0.310 e. The number of hydrogen-bond acceptors (Lipinski definition) is 1. The number of hydrogen-bond donors (Lipinski definition) is 1. The first kappa shape index (κ1) is 10.7. The van der Waals surface area contributed by atoms with Crippen LogP contribution in [0.1, 0.15) is 37.8 Å². The van der Waals surface area contributed by atoms with Gasteiger partial charge in [-0.1, -0.05) is 44.5 Å². The minimum absolute atomic E-state index is 0.697. The van der Waals surface area contributed by atoms with E-state index in [9.17, 15) is 0 Å². The summed E-state index contributed by atoms with van der Waals surface area (Å²) in [6.45, 7) is 5.64. The first-order valence-corrected chi connectivity index (χ1v) is 6.15. The van der Waals surface area contributed by atoms with Gasteiger partial charge < -0.3 is 5.32 Å². The highest BCUT2D eigenvalue weighted by Gasteiger charge is 2.22. The Morgan fingerprint density at radius 3 is 2.53 bits per heavy atom. The first-order valence-electron chi connectivity index (χ1n) is 6.15. The van der Waals surface area contributed by atoms with Crippen LogP contribution in [0.2, 0.25) is 0 Å². The van der Waals surface area contributed by atoms with Gasteiger partial charge in [0.15, 0.2) is 0 Å². The van der Waals surface area contributed by atoms with Gasteiger partial charge in [0.1, 0.15) is 0 Å². The standard InChI is InChI=1S/C14H21N/c1-3-11-9-12-7-5-6-8-13(12)10-15-14(11)4-2/h5-8,11,14-15H,3-4,9-10H2,1-2H3. The summed E-state index contributed by atoms with van der Waals surface area (Å²) in [5.74, 6) is 0.804. The normalized spacial score (nSPS) is 25.7. The molecule has 0 saturated carbocycles. The maximum absolute atomic E-state index is 3.69. The zero-order valence-corrected chi connectivity index (χ0v) is 9.79. The fourth-order valence-corrected chi connectivity index (χ4v) is 2.67. The molecule has 0 amide bonds. The van der Waals surface area contributed by atoms with Crippen molar-refractivity contribution in [3.63, 3.8) is 0 Å². The van der Waals surface area contributed by atoms with Crippen LogP contribution in [0.3, 0.4) is 0 Å². The van der Waals surface area contributed by atoms with Crippen LogP contribution in [0.15, 0.2) is 24.3 Å². The Morgan fingerprint density at radius 2 is 1.87 bits per heavy atom. The molecule has 2 atom stereocenters. The van der Waals surface area contributed by atoms with Crippen molar-refractivity contribution in [3.8, 4) is 0 Å². The number of rotatable bonds is 2. The molecule has 1 N–H and O–H groups in total. The lowest BCUT2D eigenvalue weighted by Gasteiger charge is -2.23. The Hall–Kier alpha value is -0.820. The summed E-state index contributed by atoms with van der Waals surface area (Å²) in [7, 11) is 0. The molecule has 2 rings (SSSR count). The van der Waals surface area contributed by atoms with Crippen molar-refractivity contribution in [1.29, 1.82) is 0 Å². The topological polar surface area (TPSA) is 12.0 Å². The molecule has 1 aromatic rings. The molecule has 15 heavy (non-hydrogen) atoms. The van der Waals surface area contributed by atoms with Crippen LogP contribution < -0.4 is 5.32 Å². The van der Waals surface area contributed by atoms with Crippen molar-refractivity contribution < 1.29 is 0 Å². The molecule has 82 valence electrons. The van der Waals surface area contributed by atoms with Crippen LogP contribution in [-0.2, 0) is 13.0 Å². The highest BCUT2D eigenvalue weighted by Crippen LogP contribution is 2.24. The quantitative estimate of drug-likeness (QED) is 0.778. The minimum Gasteiger partial charge on any atom is -0.310 e. The lowest BCUT2D eigenvalue weighted by Crippen LogP contribution is -2.33. The average Bonchev–Trinajstić information content (AvgIpc) is 2.47. The van der Waals surface area contributed by atoms with Crippen LogP contribution >= 0.6 is 0 Å². The maximum Gasteiger partial charge on any atom is 0.0210 e.